The Bertz CT molecular complexity index is 563. The van der Waals surface area contributed by atoms with E-state index in [2.05, 4.69) is 9.98 Å². The second-order valence-electron chi connectivity index (χ2n) is 5.04. The number of carbonyl (C=O) groups is 1. The fourth-order valence-corrected chi connectivity index (χ4v) is 1.71. The second kappa shape index (κ2) is 7.28. The largest absolute Gasteiger partial charge is 0.507 e. The van der Waals surface area contributed by atoms with Crippen molar-refractivity contribution in [3.05, 3.63) is 23.8 Å². The van der Waals surface area contributed by atoms with Gasteiger partial charge in [-0.25, -0.2) is 9.79 Å². The van der Waals surface area contributed by atoms with E-state index in [9.17, 15) is 9.90 Å². The molecule has 0 aromatic heterocycles. The summed E-state index contributed by atoms with van der Waals surface area (Å²) in [4.78, 5) is 19.0. The number of nitrogens with zero attached hydrogens (tertiary/aromatic N) is 2. The SMILES string of the molecule is CC(C)C[C@H](N=Cc1cc(N=C(N)N)ccc1O)C(=O)O. The molecule has 0 aliphatic rings. The number of rotatable bonds is 6. The highest BCUT2D eigenvalue weighted by Gasteiger charge is 2.16. The summed E-state index contributed by atoms with van der Waals surface area (Å²) in [6, 6.07) is 3.62. The molecule has 0 bridgehead atoms. The Balaban J connectivity index is 3.01. The van der Waals surface area contributed by atoms with Crippen LogP contribution in [-0.2, 0) is 4.79 Å². The molecule has 0 spiro atoms. The lowest BCUT2D eigenvalue weighted by molar-refractivity contribution is -0.138. The van der Waals surface area contributed by atoms with Gasteiger partial charge in [-0.3, -0.25) is 4.99 Å². The number of aromatic hydroxyl groups is 1. The van der Waals surface area contributed by atoms with Gasteiger partial charge in [0.1, 0.15) is 11.8 Å². The standard InChI is InChI=1S/C14H20N4O3/c1-8(2)5-11(13(20)21)17-7-9-6-10(18-14(15)16)3-4-12(9)19/h3-4,6-8,11,19H,5H2,1-2H3,(H,20,21)(H4,15,16,18)/t11-/m0/s1. The monoisotopic (exact) mass is 292 g/mol. The molecular formula is C14H20N4O3. The first-order chi connectivity index (χ1) is 9.79. The molecule has 7 heteroatoms. The quantitative estimate of drug-likeness (QED) is 0.462. The molecule has 1 atom stereocenters. The molecule has 0 saturated heterocycles. The third kappa shape index (κ3) is 5.52. The fraction of sp³-hybridized carbons (Fsp3) is 0.357. The Kier molecular flexibility index (Phi) is 5.71. The molecule has 0 radical (unpaired) electrons. The minimum absolute atomic E-state index is 0.0259. The molecule has 0 unspecified atom stereocenters. The van der Waals surface area contributed by atoms with Crippen LogP contribution in [-0.4, -0.2) is 34.4 Å². The van der Waals surface area contributed by atoms with Gasteiger partial charge in [0.05, 0.1) is 5.69 Å². The summed E-state index contributed by atoms with van der Waals surface area (Å²) in [5, 5.41) is 18.9. The van der Waals surface area contributed by atoms with Crippen molar-refractivity contribution in [1.82, 2.24) is 0 Å². The Morgan fingerprint density at radius 3 is 2.57 bits per heavy atom. The van der Waals surface area contributed by atoms with Gasteiger partial charge in [-0.15, -0.1) is 0 Å². The second-order valence-corrected chi connectivity index (χ2v) is 5.04. The molecule has 0 amide bonds. The number of guanidine groups is 1. The molecule has 21 heavy (non-hydrogen) atoms. The highest BCUT2D eigenvalue weighted by atomic mass is 16.4. The van der Waals surface area contributed by atoms with Gasteiger partial charge in [-0.05, 0) is 30.5 Å². The zero-order chi connectivity index (χ0) is 16.0. The first kappa shape index (κ1) is 16.5. The van der Waals surface area contributed by atoms with Crippen LogP contribution in [0.3, 0.4) is 0 Å². The number of hydrogen-bond acceptors (Lipinski definition) is 4. The first-order valence-electron chi connectivity index (χ1n) is 6.48. The third-order valence-electron chi connectivity index (χ3n) is 2.64. The maximum atomic E-state index is 11.1. The van der Waals surface area contributed by atoms with Crippen LogP contribution < -0.4 is 11.5 Å². The normalized spacial score (nSPS) is 12.5. The average Bonchev–Trinajstić information content (AvgIpc) is 2.36. The number of carboxylic acid groups (broad SMARTS) is 1. The van der Waals surface area contributed by atoms with E-state index in [1.165, 1.54) is 24.4 Å². The van der Waals surface area contributed by atoms with Crippen LogP contribution in [0.5, 0.6) is 5.75 Å². The van der Waals surface area contributed by atoms with Gasteiger partial charge in [0, 0.05) is 11.8 Å². The Hall–Kier alpha value is -2.57. The van der Waals surface area contributed by atoms with Gasteiger partial charge in [0.2, 0.25) is 0 Å². The zero-order valence-corrected chi connectivity index (χ0v) is 12.0. The summed E-state index contributed by atoms with van der Waals surface area (Å²) in [6.07, 6.45) is 1.74. The highest BCUT2D eigenvalue weighted by Crippen LogP contribution is 2.22. The molecule has 1 rings (SSSR count). The van der Waals surface area contributed by atoms with Crippen LogP contribution in [0.15, 0.2) is 28.2 Å². The third-order valence-corrected chi connectivity index (χ3v) is 2.64. The van der Waals surface area contributed by atoms with Crippen molar-refractivity contribution in [1.29, 1.82) is 0 Å². The number of hydrogen-bond donors (Lipinski definition) is 4. The molecule has 114 valence electrons. The van der Waals surface area contributed by atoms with Gasteiger partial charge < -0.3 is 21.7 Å². The maximum Gasteiger partial charge on any atom is 0.328 e. The highest BCUT2D eigenvalue weighted by molar-refractivity contribution is 5.88. The molecule has 0 aliphatic carbocycles. The van der Waals surface area contributed by atoms with Crippen LogP contribution >= 0.6 is 0 Å². The van der Waals surface area contributed by atoms with Crippen molar-refractivity contribution < 1.29 is 15.0 Å². The number of nitrogens with two attached hydrogens (primary N) is 2. The molecule has 0 heterocycles. The summed E-state index contributed by atoms with van der Waals surface area (Å²) in [5.41, 5.74) is 11.4. The number of benzene rings is 1. The lowest BCUT2D eigenvalue weighted by Gasteiger charge is -2.10. The van der Waals surface area contributed by atoms with E-state index in [0.29, 0.717) is 17.7 Å². The number of aliphatic carboxylic acids is 1. The van der Waals surface area contributed by atoms with Crippen LogP contribution in [0.1, 0.15) is 25.8 Å². The van der Waals surface area contributed by atoms with Crippen LogP contribution in [0.25, 0.3) is 0 Å². The van der Waals surface area contributed by atoms with E-state index in [0.717, 1.165) is 0 Å². The predicted molar refractivity (Wildman–Crippen MR) is 82.0 cm³/mol. The van der Waals surface area contributed by atoms with Crippen LogP contribution in [0.4, 0.5) is 5.69 Å². The molecule has 1 aromatic carbocycles. The smallest absolute Gasteiger partial charge is 0.328 e. The Labute approximate surface area is 123 Å². The van der Waals surface area contributed by atoms with Gasteiger partial charge in [-0.2, -0.15) is 0 Å². The maximum absolute atomic E-state index is 11.1. The molecule has 1 aromatic rings. The van der Waals surface area contributed by atoms with E-state index < -0.39 is 12.0 Å². The van der Waals surface area contributed by atoms with Gasteiger partial charge >= 0.3 is 5.97 Å². The summed E-state index contributed by atoms with van der Waals surface area (Å²) < 4.78 is 0. The molecule has 0 aliphatic heterocycles. The first-order valence-corrected chi connectivity index (χ1v) is 6.48. The Morgan fingerprint density at radius 2 is 2.05 bits per heavy atom. The van der Waals surface area contributed by atoms with Crippen molar-refractivity contribution in [3.63, 3.8) is 0 Å². The van der Waals surface area contributed by atoms with E-state index in [1.54, 1.807) is 0 Å². The van der Waals surface area contributed by atoms with Crippen LogP contribution in [0.2, 0.25) is 0 Å². The average molecular weight is 292 g/mol. The van der Waals surface area contributed by atoms with E-state index in [1.807, 2.05) is 13.8 Å². The summed E-state index contributed by atoms with van der Waals surface area (Å²) in [6.45, 7) is 3.84. The van der Waals surface area contributed by atoms with Crippen molar-refractivity contribution in [2.24, 2.45) is 27.4 Å². The molecule has 0 fully saturated rings. The minimum atomic E-state index is -1.00. The molecule has 0 saturated carbocycles. The fourth-order valence-electron chi connectivity index (χ4n) is 1.71. The van der Waals surface area contributed by atoms with Crippen molar-refractivity contribution in [2.75, 3.05) is 0 Å². The lowest BCUT2D eigenvalue weighted by Crippen LogP contribution is -2.21. The topological polar surface area (TPSA) is 134 Å². The number of phenols is 1. The van der Waals surface area contributed by atoms with Gasteiger partial charge in [-0.1, -0.05) is 13.8 Å². The summed E-state index contributed by atoms with van der Waals surface area (Å²) >= 11 is 0. The van der Waals surface area contributed by atoms with Gasteiger partial charge in [0.25, 0.3) is 0 Å². The molecule has 7 nitrogen and oxygen atoms in total. The number of carboxylic acids is 1. The lowest BCUT2D eigenvalue weighted by atomic mass is 10.0. The minimum Gasteiger partial charge on any atom is -0.507 e. The van der Waals surface area contributed by atoms with Crippen molar-refractivity contribution >= 4 is 23.8 Å². The van der Waals surface area contributed by atoms with Crippen molar-refractivity contribution in [3.8, 4) is 5.75 Å². The summed E-state index contributed by atoms with van der Waals surface area (Å²) in [5.74, 6) is -0.932. The molecule has 6 N–H and O–H groups in total. The van der Waals surface area contributed by atoms with Crippen molar-refractivity contribution in [2.45, 2.75) is 26.3 Å². The van der Waals surface area contributed by atoms with E-state index in [-0.39, 0.29) is 17.6 Å². The summed E-state index contributed by atoms with van der Waals surface area (Å²) in [7, 11) is 0. The predicted octanol–water partition coefficient (Wildman–Crippen LogP) is 1.22. The zero-order valence-electron chi connectivity index (χ0n) is 12.0. The van der Waals surface area contributed by atoms with E-state index >= 15 is 0 Å². The van der Waals surface area contributed by atoms with Gasteiger partial charge in [0.15, 0.2) is 5.96 Å². The number of phenolic OH excluding ortho intramolecular Hbond substituents is 1. The Morgan fingerprint density at radius 1 is 1.38 bits per heavy atom. The van der Waals surface area contributed by atoms with Crippen LogP contribution in [0, 0.1) is 5.92 Å². The van der Waals surface area contributed by atoms with E-state index in [4.69, 9.17) is 16.6 Å². The number of aliphatic imine (C=N–C) groups is 2. The molecular weight excluding hydrogens is 272 g/mol.